The fraction of sp³-hybridized carbons (Fsp3) is 0.500. The van der Waals surface area contributed by atoms with E-state index in [0.29, 0.717) is 12.6 Å². The van der Waals surface area contributed by atoms with Gasteiger partial charge in [0.05, 0.1) is 19.7 Å². The van der Waals surface area contributed by atoms with Gasteiger partial charge in [-0.2, -0.15) is 0 Å². The second-order valence-corrected chi connectivity index (χ2v) is 5.54. The number of rotatable bonds is 6. The highest BCUT2D eigenvalue weighted by Gasteiger charge is 2.23. The van der Waals surface area contributed by atoms with Crippen LogP contribution in [0.5, 0.6) is 5.75 Å². The molecule has 1 heterocycles. The first kappa shape index (κ1) is 17.2. The van der Waals surface area contributed by atoms with Crippen LogP contribution in [-0.2, 0) is 0 Å². The lowest BCUT2D eigenvalue weighted by Gasteiger charge is -2.29. The first-order valence-electron chi connectivity index (χ1n) is 8.04. The molecule has 1 aromatic carbocycles. The van der Waals surface area contributed by atoms with Crippen LogP contribution in [-0.4, -0.2) is 51.2 Å². The van der Waals surface area contributed by atoms with E-state index in [1.807, 2.05) is 12.1 Å². The topological polar surface area (TPSA) is 48.9 Å². The van der Waals surface area contributed by atoms with Gasteiger partial charge in [-0.05, 0) is 43.6 Å². The molecule has 1 unspecified atom stereocenters. The Morgan fingerprint density at radius 1 is 1.30 bits per heavy atom. The van der Waals surface area contributed by atoms with Crippen molar-refractivity contribution in [1.82, 2.24) is 15.5 Å². The molecular formula is C18H26N4O. The lowest BCUT2D eigenvalue weighted by atomic mass is 10.1. The van der Waals surface area contributed by atoms with Gasteiger partial charge >= 0.3 is 0 Å². The molecule has 1 aliphatic rings. The van der Waals surface area contributed by atoms with E-state index in [9.17, 15) is 0 Å². The van der Waals surface area contributed by atoms with Crippen LogP contribution in [0, 0.1) is 12.3 Å². The predicted molar refractivity (Wildman–Crippen MR) is 94.7 cm³/mol. The smallest absolute Gasteiger partial charge is 0.191 e. The number of hydrogen-bond acceptors (Lipinski definition) is 3. The van der Waals surface area contributed by atoms with Crippen molar-refractivity contribution in [2.24, 2.45) is 4.99 Å². The molecule has 0 aliphatic carbocycles. The second kappa shape index (κ2) is 9.06. The molecule has 124 valence electrons. The normalized spacial score (nSPS) is 16.7. The Hall–Kier alpha value is -2.19. The van der Waals surface area contributed by atoms with Gasteiger partial charge in [0.1, 0.15) is 5.75 Å². The van der Waals surface area contributed by atoms with Crippen LogP contribution < -0.4 is 15.4 Å². The molecule has 2 N–H and O–H groups in total. The summed E-state index contributed by atoms with van der Waals surface area (Å²) < 4.78 is 5.26. The van der Waals surface area contributed by atoms with Crippen molar-refractivity contribution in [1.29, 1.82) is 0 Å². The van der Waals surface area contributed by atoms with Gasteiger partial charge in [0.2, 0.25) is 0 Å². The summed E-state index contributed by atoms with van der Waals surface area (Å²) in [6, 6.07) is 8.63. The van der Waals surface area contributed by atoms with E-state index in [1.54, 1.807) is 14.2 Å². The van der Waals surface area contributed by atoms with E-state index in [4.69, 9.17) is 11.2 Å². The molecule has 23 heavy (non-hydrogen) atoms. The second-order valence-electron chi connectivity index (χ2n) is 5.54. The summed E-state index contributed by atoms with van der Waals surface area (Å²) in [6.45, 7) is 3.52. The Kier molecular flexibility index (Phi) is 6.76. The van der Waals surface area contributed by atoms with E-state index in [-0.39, 0.29) is 0 Å². The molecule has 1 atom stereocenters. The maximum atomic E-state index is 5.29. The molecule has 5 heteroatoms. The summed E-state index contributed by atoms with van der Waals surface area (Å²) in [6.07, 6.45) is 7.81. The molecule has 2 rings (SSSR count). The molecule has 5 nitrogen and oxygen atoms in total. The zero-order valence-corrected chi connectivity index (χ0v) is 14.0. The molecule has 0 amide bonds. The Balaban J connectivity index is 2.06. The number of benzene rings is 1. The zero-order valence-electron chi connectivity index (χ0n) is 14.0. The summed E-state index contributed by atoms with van der Waals surface area (Å²) in [4.78, 5) is 6.72. The molecule has 1 fully saturated rings. The fourth-order valence-corrected chi connectivity index (χ4v) is 2.89. The molecule has 1 aromatic rings. The number of likely N-dealkylation sites (tertiary alicyclic amines) is 1. The first-order valence-corrected chi connectivity index (χ1v) is 8.04. The standard InChI is InChI=1S/C18H26N4O/c1-4-11-20-18(19-2)21-14-17(22-12-5-6-13-22)15-7-9-16(23-3)10-8-15/h1,7-10,17H,5-6,11-14H2,2-3H3,(H2,19,20,21). The third-order valence-corrected chi connectivity index (χ3v) is 4.13. The maximum Gasteiger partial charge on any atom is 0.191 e. The van der Waals surface area contributed by atoms with Crippen molar-refractivity contribution in [3.05, 3.63) is 29.8 Å². The number of methoxy groups -OCH3 is 1. The van der Waals surface area contributed by atoms with Crippen LogP contribution >= 0.6 is 0 Å². The number of nitrogens with one attached hydrogen (secondary N) is 2. The summed E-state index contributed by atoms with van der Waals surface area (Å²) >= 11 is 0. The first-order chi connectivity index (χ1) is 11.3. The van der Waals surface area contributed by atoms with Crippen molar-refractivity contribution in [3.8, 4) is 18.1 Å². The van der Waals surface area contributed by atoms with E-state index in [1.165, 1.54) is 18.4 Å². The lowest BCUT2D eigenvalue weighted by molar-refractivity contribution is 0.245. The minimum absolute atomic E-state index is 0.313. The number of hydrogen-bond donors (Lipinski definition) is 2. The number of terminal acetylenes is 1. The van der Waals surface area contributed by atoms with E-state index >= 15 is 0 Å². The van der Waals surface area contributed by atoms with Crippen molar-refractivity contribution in [2.45, 2.75) is 18.9 Å². The van der Waals surface area contributed by atoms with Gasteiger partial charge in [-0.3, -0.25) is 9.89 Å². The summed E-state index contributed by atoms with van der Waals surface area (Å²) in [5, 5.41) is 6.48. The average molecular weight is 314 g/mol. The molecule has 0 saturated carbocycles. The molecule has 0 radical (unpaired) electrons. The van der Waals surface area contributed by atoms with Gasteiger partial charge in [0.15, 0.2) is 5.96 Å². The molecule has 0 bridgehead atoms. The summed E-state index contributed by atoms with van der Waals surface area (Å²) in [5.74, 6) is 4.18. The fourth-order valence-electron chi connectivity index (χ4n) is 2.89. The van der Waals surface area contributed by atoms with Crippen LogP contribution in [0.25, 0.3) is 0 Å². The zero-order chi connectivity index (χ0) is 16.5. The van der Waals surface area contributed by atoms with Crippen molar-refractivity contribution < 1.29 is 4.74 Å². The SMILES string of the molecule is C#CCNC(=NC)NCC(c1ccc(OC)cc1)N1CCCC1. The van der Waals surface area contributed by atoms with Gasteiger partial charge in [-0.15, -0.1) is 6.42 Å². The number of guanidine groups is 1. The molecule has 1 aliphatic heterocycles. The van der Waals surface area contributed by atoms with Gasteiger partial charge < -0.3 is 15.4 Å². The van der Waals surface area contributed by atoms with Crippen LogP contribution in [0.4, 0.5) is 0 Å². The van der Waals surface area contributed by atoms with Gasteiger partial charge in [-0.1, -0.05) is 18.1 Å². The van der Waals surface area contributed by atoms with Gasteiger partial charge in [-0.25, -0.2) is 0 Å². The maximum absolute atomic E-state index is 5.29. The lowest BCUT2D eigenvalue weighted by Crippen LogP contribution is -2.42. The summed E-state index contributed by atoms with van der Waals surface area (Å²) in [7, 11) is 3.44. The van der Waals surface area contributed by atoms with E-state index in [0.717, 1.165) is 31.3 Å². The molecule has 0 spiro atoms. The van der Waals surface area contributed by atoms with Crippen LogP contribution in [0.1, 0.15) is 24.4 Å². The minimum atomic E-state index is 0.313. The molecular weight excluding hydrogens is 288 g/mol. The van der Waals surface area contributed by atoms with E-state index in [2.05, 4.69) is 38.6 Å². The van der Waals surface area contributed by atoms with Crippen LogP contribution in [0.2, 0.25) is 0 Å². The van der Waals surface area contributed by atoms with Crippen LogP contribution in [0.3, 0.4) is 0 Å². The largest absolute Gasteiger partial charge is 0.497 e. The average Bonchev–Trinajstić information content (AvgIpc) is 3.12. The Labute approximate surface area is 139 Å². The highest BCUT2D eigenvalue weighted by Crippen LogP contribution is 2.26. The van der Waals surface area contributed by atoms with Crippen molar-refractivity contribution in [3.63, 3.8) is 0 Å². The summed E-state index contributed by atoms with van der Waals surface area (Å²) in [5.41, 5.74) is 1.28. The number of nitrogens with zero attached hydrogens (tertiary/aromatic N) is 2. The van der Waals surface area contributed by atoms with E-state index < -0.39 is 0 Å². The Bertz CT molecular complexity index is 541. The Morgan fingerprint density at radius 3 is 2.57 bits per heavy atom. The molecule has 0 aromatic heterocycles. The molecule has 1 saturated heterocycles. The quantitative estimate of drug-likeness (QED) is 0.476. The third kappa shape index (κ3) is 4.90. The third-order valence-electron chi connectivity index (χ3n) is 4.13. The number of ether oxygens (including phenoxy) is 1. The minimum Gasteiger partial charge on any atom is -0.497 e. The monoisotopic (exact) mass is 314 g/mol. The highest BCUT2D eigenvalue weighted by molar-refractivity contribution is 5.79. The highest BCUT2D eigenvalue weighted by atomic mass is 16.5. The number of aliphatic imine (C=N–C) groups is 1. The van der Waals surface area contributed by atoms with Crippen LogP contribution in [0.15, 0.2) is 29.3 Å². The predicted octanol–water partition coefficient (Wildman–Crippen LogP) is 1.63. The Morgan fingerprint density at radius 2 is 2.00 bits per heavy atom. The van der Waals surface area contributed by atoms with Crippen molar-refractivity contribution in [2.75, 3.05) is 40.3 Å². The van der Waals surface area contributed by atoms with Gasteiger partial charge in [0.25, 0.3) is 0 Å². The van der Waals surface area contributed by atoms with Crippen molar-refractivity contribution >= 4 is 5.96 Å². The van der Waals surface area contributed by atoms with Gasteiger partial charge in [0, 0.05) is 13.6 Å².